The minimum atomic E-state index is -3.48. The van der Waals surface area contributed by atoms with Gasteiger partial charge in [0.1, 0.15) is 0 Å². The number of rotatable bonds is 5. The normalized spacial score (nSPS) is 22.1. The molecule has 1 fully saturated rings. The molecule has 1 heterocycles. The van der Waals surface area contributed by atoms with Crippen LogP contribution in [0.2, 0.25) is 0 Å². The first-order chi connectivity index (χ1) is 9.50. The first kappa shape index (κ1) is 15.5. The molecule has 0 bridgehead atoms. The fraction of sp³-hybridized carbons (Fsp3) is 0.600. The van der Waals surface area contributed by atoms with Crippen molar-refractivity contribution in [1.82, 2.24) is 4.31 Å². The van der Waals surface area contributed by atoms with Gasteiger partial charge in [0.15, 0.2) is 0 Å². The van der Waals surface area contributed by atoms with E-state index in [0.717, 1.165) is 24.8 Å². The Morgan fingerprint density at radius 2 is 2.00 bits per heavy atom. The second-order valence-corrected chi connectivity index (χ2v) is 7.36. The van der Waals surface area contributed by atoms with E-state index in [1.165, 1.54) is 4.31 Å². The number of nitrogens with zero attached hydrogens (tertiary/aromatic N) is 1. The minimum Gasteiger partial charge on any atom is -0.395 e. The molecule has 20 heavy (non-hydrogen) atoms. The average Bonchev–Trinajstić information content (AvgIpc) is 2.95. The van der Waals surface area contributed by atoms with Crippen molar-refractivity contribution >= 4 is 10.0 Å². The maximum absolute atomic E-state index is 12.6. The predicted molar refractivity (Wildman–Crippen MR) is 79.1 cm³/mol. The van der Waals surface area contributed by atoms with Gasteiger partial charge in [-0.15, -0.1) is 0 Å². The summed E-state index contributed by atoms with van der Waals surface area (Å²) >= 11 is 0. The number of hydrogen-bond acceptors (Lipinski definition) is 3. The molecule has 0 amide bonds. The van der Waals surface area contributed by atoms with Crippen LogP contribution in [0.3, 0.4) is 0 Å². The third-order valence-electron chi connectivity index (χ3n) is 4.20. The zero-order valence-electron chi connectivity index (χ0n) is 12.1. The lowest BCUT2D eigenvalue weighted by molar-refractivity contribution is 0.213. The van der Waals surface area contributed by atoms with Gasteiger partial charge in [0, 0.05) is 12.6 Å². The van der Waals surface area contributed by atoms with Gasteiger partial charge in [0.25, 0.3) is 0 Å². The first-order valence-electron chi connectivity index (χ1n) is 7.23. The van der Waals surface area contributed by atoms with Crippen LogP contribution in [0, 0.1) is 0 Å². The van der Waals surface area contributed by atoms with Crippen molar-refractivity contribution in [3.8, 4) is 0 Å². The summed E-state index contributed by atoms with van der Waals surface area (Å²) in [5.41, 5.74) is 1.16. The molecule has 0 saturated carbocycles. The summed E-state index contributed by atoms with van der Waals surface area (Å²) in [4.78, 5) is 0.324. The Bertz CT molecular complexity index is 539. The lowest BCUT2D eigenvalue weighted by Gasteiger charge is -2.22. The van der Waals surface area contributed by atoms with E-state index in [2.05, 4.69) is 13.8 Å². The second kappa shape index (κ2) is 6.24. The molecule has 2 rings (SSSR count). The second-order valence-electron chi connectivity index (χ2n) is 5.47. The summed E-state index contributed by atoms with van der Waals surface area (Å²) in [7, 11) is -3.48. The summed E-state index contributed by atoms with van der Waals surface area (Å²) < 4.78 is 26.6. The van der Waals surface area contributed by atoms with Gasteiger partial charge in [-0.1, -0.05) is 26.0 Å². The molecular formula is C15H23NO3S. The molecule has 0 aliphatic carbocycles. The van der Waals surface area contributed by atoms with Gasteiger partial charge < -0.3 is 5.11 Å². The largest absolute Gasteiger partial charge is 0.395 e. The summed E-state index contributed by atoms with van der Waals surface area (Å²) in [6.07, 6.45) is 2.58. The fourth-order valence-corrected chi connectivity index (χ4v) is 4.33. The standard InChI is InChI=1S/C15H23NO3S/c1-3-12(2)13-6-8-15(9-7-13)20(18,19)16-10-4-5-14(16)11-17/h6-9,12,14,17H,3-5,10-11H2,1-2H3/t12?,14-/m1/s1. The SMILES string of the molecule is CCC(C)c1ccc(S(=O)(=O)N2CCC[C@@H]2CO)cc1. The van der Waals surface area contributed by atoms with Crippen molar-refractivity contribution < 1.29 is 13.5 Å². The van der Waals surface area contributed by atoms with Gasteiger partial charge >= 0.3 is 0 Å². The van der Waals surface area contributed by atoms with Gasteiger partial charge in [-0.3, -0.25) is 0 Å². The molecule has 0 aromatic heterocycles. The molecule has 2 atom stereocenters. The molecule has 1 aromatic carbocycles. The predicted octanol–water partition coefficient (Wildman–Crippen LogP) is 2.35. The number of sulfonamides is 1. The molecule has 1 saturated heterocycles. The average molecular weight is 297 g/mol. The Hall–Kier alpha value is -0.910. The van der Waals surface area contributed by atoms with E-state index in [1.807, 2.05) is 12.1 Å². The van der Waals surface area contributed by atoms with Crippen molar-refractivity contribution in [2.24, 2.45) is 0 Å². The van der Waals surface area contributed by atoms with Crippen LogP contribution in [-0.4, -0.2) is 37.0 Å². The van der Waals surface area contributed by atoms with Crippen molar-refractivity contribution in [1.29, 1.82) is 0 Å². The summed E-state index contributed by atoms with van der Waals surface area (Å²) in [6, 6.07) is 6.89. The molecule has 0 radical (unpaired) electrons. The highest BCUT2D eigenvalue weighted by atomic mass is 32.2. The molecule has 4 nitrogen and oxygen atoms in total. The molecule has 1 aromatic rings. The fourth-order valence-electron chi connectivity index (χ4n) is 2.65. The summed E-state index contributed by atoms with van der Waals surface area (Å²) in [5.74, 6) is 0.434. The number of aliphatic hydroxyl groups excluding tert-OH is 1. The minimum absolute atomic E-state index is 0.107. The van der Waals surface area contributed by atoms with Crippen LogP contribution in [0.4, 0.5) is 0 Å². The van der Waals surface area contributed by atoms with E-state index >= 15 is 0 Å². The quantitative estimate of drug-likeness (QED) is 0.907. The highest BCUT2D eigenvalue weighted by molar-refractivity contribution is 7.89. The Morgan fingerprint density at radius 3 is 2.55 bits per heavy atom. The Kier molecular flexibility index (Phi) is 4.83. The number of aliphatic hydroxyl groups is 1. The lowest BCUT2D eigenvalue weighted by atomic mass is 9.99. The zero-order valence-corrected chi connectivity index (χ0v) is 12.9. The van der Waals surface area contributed by atoms with Crippen LogP contribution in [0.15, 0.2) is 29.2 Å². The lowest BCUT2D eigenvalue weighted by Crippen LogP contribution is -2.37. The van der Waals surface area contributed by atoms with E-state index in [1.54, 1.807) is 12.1 Å². The highest BCUT2D eigenvalue weighted by Crippen LogP contribution is 2.27. The van der Waals surface area contributed by atoms with Crippen LogP contribution < -0.4 is 0 Å². The number of benzene rings is 1. The van der Waals surface area contributed by atoms with E-state index in [0.29, 0.717) is 17.4 Å². The van der Waals surface area contributed by atoms with Gasteiger partial charge in [-0.2, -0.15) is 4.31 Å². The van der Waals surface area contributed by atoms with Gasteiger partial charge in [0.05, 0.1) is 11.5 Å². The van der Waals surface area contributed by atoms with Gasteiger partial charge in [-0.05, 0) is 42.9 Å². The monoisotopic (exact) mass is 297 g/mol. The molecule has 1 aliphatic rings. The van der Waals surface area contributed by atoms with E-state index in [4.69, 9.17) is 0 Å². The third-order valence-corrected chi connectivity index (χ3v) is 6.17. The van der Waals surface area contributed by atoms with Crippen LogP contribution in [-0.2, 0) is 10.0 Å². The molecule has 1 N–H and O–H groups in total. The van der Waals surface area contributed by atoms with Crippen molar-refractivity contribution in [2.45, 2.75) is 50.0 Å². The molecule has 0 spiro atoms. The smallest absolute Gasteiger partial charge is 0.243 e. The van der Waals surface area contributed by atoms with E-state index < -0.39 is 10.0 Å². The van der Waals surface area contributed by atoms with E-state index in [9.17, 15) is 13.5 Å². The topological polar surface area (TPSA) is 57.6 Å². The Morgan fingerprint density at radius 1 is 1.35 bits per heavy atom. The Balaban J connectivity index is 2.26. The van der Waals surface area contributed by atoms with Gasteiger partial charge in [-0.25, -0.2) is 8.42 Å². The van der Waals surface area contributed by atoms with E-state index in [-0.39, 0.29) is 12.6 Å². The maximum atomic E-state index is 12.6. The molecule has 112 valence electrons. The van der Waals surface area contributed by atoms with Crippen molar-refractivity contribution in [3.63, 3.8) is 0 Å². The molecular weight excluding hydrogens is 274 g/mol. The summed E-state index contributed by atoms with van der Waals surface area (Å²) in [6.45, 7) is 4.64. The van der Waals surface area contributed by atoms with Crippen LogP contribution >= 0.6 is 0 Å². The maximum Gasteiger partial charge on any atom is 0.243 e. The molecule has 1 aliphatic heterocycles. The summed E-state index contributed by atoms with van der Waals surface area (Å²) in [5, 5.41) is 9.29. The van der Waals surface area contributed by atoms with Gasteiger partial charge in [0.2, 0.25) is 10.0 Å². The first-order valence-corrected chi connectivity index (χ1v) is 8.67. The number of hydrogen-bond donors (Lipinski definition) is 1. The van der Waals surface area contributed by atoms with Crippen molar-refractivity contribution in [3.05, 3.63) is 29.8 Å². The Labute approximate surface area is 121 Å². The molecule has 1 unspecified atom stereocenters. The highest BCUT2D eigenvalue weighted by Gasteiger charge is 2.34. The molecule has 5 heteroatoms. The van der Waals surface area contributed by atoms with Crippen LogP contribution in [0.5, 0.6) is 0 Å². The van der Waals surface area contributed by atoms with Crippen LogP contribution in [0.1, 0.15) is 44.6 Å². The van der Waals surface area contributed by atoms with Crippen molar-refractivity contribution in [2.75, 3.05) is 13.2 Å². The third kappa shape index (κ3) is 2.90. The zero-order chi connectivity index (χ0) is 14.8. The van der Waals surface area contributed by atoms with Crippen LogP contribution in [0.25, 0.3) is 0 Å².